The molecule has 0 bridgehead atoms. The molecule has 0 aromatic carbocycles. The Balaban J connectivity index is 1.70. The van der Waals surface area contributed by atoms with E-state index in [0.717, 1.165) is 32.3 Å². The van der Waals surface area contributed by atoms with E-state index in [4.69, 9.17) is 4.74 Å². The first-order chi connectivity index (χ1) is 13.3. The predicted molar refractivity (Wildman–Crippen MR) is 118 cm³/mol. The zero-order valence-electron chi connectivity index (χ0n) is 18.7. The van der Waals surface area contributed by atoms with Crippen molar-refractivity contribution < 1.29 is 9.84 Å². The molecule has 0 heterocycles. The number of hydrogen-bond acceptors (Lipinski definition) is 2. The van der Waals surface area contributed by atoms with Crippen molar-refractivity contribution >= 4 is 0 Å². The van der Waals surface area contributed by atoms with Crippen LogP contribution in [0.3, 0.4) is 0 Å². The third kappa shape index (κ3) is 4.82. The van der Waals surface area contributed by atoms with Crippen LogP contribution >= 0.6 is 0 Å². The number of ether oxygens (including phenoxy) is 1. The van der Waals surface area contributed by atoms with Crippen LogP contribution in [0.2, 0.25) is 0 Å². The van der Waals surface area contributed by atoms with Gasteiger partial charge in [-0.1, -0.05) is 50.6 Å². The smallest absolute Gasteiger partial charge is 0.0583 e. The molecule has 1 N–H and O–H groups in total. The Kier molecular flexibility index (Phi) is 7.26. The van der Waals surface area contributed by atoms with Gasteiger partial charge in [-0.2, -0.15) is 0 Å². The Morgan fingerprint density at radius 3 is 2.71 bits per heavy atom. The molecule has 0 radical (unpaired) electrons. The third-order valence-electron chi connectivity index (χ3n) is 7.87. The molecule has 0 saturated heterocycles. The number of aliphatic hydroxyl groups excluding tert-OH is 1. The summed E-state index contributed by atoms with van der Waals surface area (Å²) in [4.78, 5) is 0. The standard InChI is InChI=1S/C26H42O2/c1-18(2)14-16-28-20(4)24-12-13-25-21(7-6-15-26(24,25)5)9-10-22-17-23(27)11-8-19(22)3/h9-10,18,20,23-25,27H,3,6-8,11-17H2,1-2,4-5H3/b21-9?,22-10-/t20-,23-,24+,25?,26+/m0/s1. The minimum atomic E-state index is -0.188. The van der Waals surface area contributed by atoms with Crippen LogP contribution in [0.1, 0.15) is 85.5 Å². The first kappa shape index (κ1) is 21.8. The van der Waals surface area contributed by atoms with Crippen LogP contribution in [0.15, 0.2) is 35.5 Å². The second-order valence-corrected chi connectivity index (χ2v) is 10.3. The van der Waals surface area contributed by atoms with Crippen molar-refractivity contribution in [3.8, 4) is 0 Å². The molecule has 3 rings (SSSR count). The average Bonchev–Trinajstić information content (AvgIpc) is 2.99. The quantitative estimate of drug-likeness (QED) is 0.556. The molecule has 0 spiro atoms. The van der Waals surface area contributed by atoms with Gasteiger partial charge in [0, 0.05) is 6.61 Å². The summed E-state index contributed by atoms with van der Waals surface area (Å²) in [5.41, 5.74) is 4.49. The second kappa shape index (κ2) is 9.30. The molecule has 5 atom stereocenters. The van der Waals surface area contributed by atoms with E-state index in [-0.39, 0.29) is 6.10 Å². The van der Waals surface area contributed by atoms with E-state index in [1.54, 1.807) is 5.57 Å². The van der Waals surface area contributed by atoms with E-state index in [9.17, 15) is 5.11 Å². The van der Waals surface area contributed by atoms with E-state index in [1.807, 2.05) is 0 Å². The molecule has 1 unspecified atom stereocenters. The largest absolute Gasteiger partial charge is 0.393 e. The summed E-state index contributed by atoms with van der Waals surface area (Å²) in [6.45, 7) is 14.5. The van der Waals surface area contributed by atoms with Gasteiger partial charge in [0.25, 0.3) is 0 Å². The maximum absolute atomic E-state index is 10.0. The molecule has 0 aromatic rings. The van der Waals surface area contributed by atoms with Gasteiger partial charge in [0.05, 0.1) is 12.2 Å². The van der Waals surface area contributed by atoms with Crippen molar-refractivity contribution in [2.45, 2.75) is 97.7 Å². The number of fused-ring (bicyclic) bond motifs is 1. The lowest BCUT2D eigenvalue weighted by molar-refractivity contribution is -0.0279. The fourth-order valence-corrected chi connectivity index (χ4v) is 6.05. The first-order valence-electron chi connectivity index (χ1n) is 11.7. The number of aliphatic hydroxyl groups is 1. The molecule has 3 aliphatic carbocycles. The molecule has 28 heavy (non-hydrogen) atoms. The fraction of sp³-hybridized carbons (Fsp3) is 0.769. The summed E-state index contributed by atoms with van der Waals surface area (Å²) in [5.74, 6) is 2.08. The number of rotatable bonds is 6. The van der Waals surface area contributed by atoms with Crippen molar-refractivity contribution in [3.63, 3.8) is 0 Å². The van der Waals surface area contributed by atoms with Gasteiger partial charge in [-0.25, -0.2) is 0 Å². The maximum atomic E-state index is 10.0. The summed E-state index contributed by atoms with van der Waals surface area (Å²) >= 11 is 0. The van der Waals surface area contributed by atoms with Gasteiger partial charge < -0.3 is 9.84 Å². The van der Waals surface area contributed by atoms with E-state index in [0.29, 0.717) is 29.3 Å². The molecule has 2 heteroatoms. The SMILES string of the molecule is C=C1CC[C@H](O)C/C1=C/C=C1CCC[C@@]2(C)C1CC[C@@H]2[C@H](C)OCCC(C)C. The highest BCUT2D eigenvalue weighted by Crippen LogP contribution is 2.58. The van der Waals surface area contributed by atoms with E-state index in [2.05, 4.69) is 46.4 Å². The zero-order valence-corrected chi connectivity index (χ0v) is 18.7. The monoisotopic (exact) mass is 386 g/mol. The minimum Gasteiger partial charge on any atom is -0.393 e. The third-order valence-corrected chi connectivity index (χ3v) is 7.87. The van der Waals surface area contributed by atoms with E-state index < -0.39 is 0 Å². The van der Waals surface area contributed by atoms with Crippen LogP contribution in [0, 0.1) is 23.2 Å². The topological polar surface area (TPSA) is 29.5 Å². The Morgan fingerprint density at radius 1 is 1.18 bits per heavy atom. The molecular weight excluding hydrogens is 344 g/mol. The molecule has 0 aliphatic heterocycles. The summed E-state index contributed by atoms with van der Waals surface area (Å²) in [6, 6.07) is 0. The summed E-state index contributed by atoms with van der Waals surface area (Å²) < 4.78 is 6.30. The molecule has 2 nitrogen and oxygen atoms in total. The van der Waals surface area contributed by atoms with Gasteiger partial charge in [0.15, 0.2) is 0 Å². The molecule has 0 amide bonds. The highest BCUT2D eigenvalue weighted by molar-refractivity contribution is 5.36. The lowest BCUT2D eigenvalue weighted by Crippen LogP contribution is -2.38. The van der Waals surface area contributed by atoms with Gasteiger partial charge in [-0.15, -0.1) is 0 Å². The van der Waals surface area contributed by atoms with Crippen molar-refractivity contribution in [2.24, 2.45) is 23.2 Å². The van der Waals surface area contributed by atoms with Crippen molar-refractivity contribution in [1.82, 2.24) is 0 Å². The Morgan fingerprint density at radius 2 is 1.96 bits per heavy atom. The van der Waals surface area contributed by atoms with Crippen LogP contribution < -0.4 is 0 Å². The lowest BCUT2D eigenvalue weighted by Gasteiger charge is -2.44. The first-order valence-corrected chi connectivity index (χ1v) is 11.7. The van der Waals surface area contributed by atoms with E-state index >= 15 is 0 Å². The maximum Gasteiger partial charge on any atom is 0.0583 e. The van der Waals surface area contributed by atoms with Crippen LogP contribution in [-0.2, 0) is 4.74 Å². The van der Waals surface area contributed by atoms with Crippen LogP contribution in [-0.4, -0.2) is 23.9 Å². The Hall–Kier alpha value is -0.860. The molecule has 3 saturated carbocycles. The second-order valence-electron chi connectivity index (χ2n) is 10.3. The van der Waals surface area contributed by atoms with Crippen LogP contribution in [0.5, 0.6) is 0 Å². The minimum absolute atomic E-state index is 0.188. The van der Waals surface area contributed by atoms with Crippen molar-refractivity contribution in [3.05, 3.63) is 35.5 Å². The molecular formula is C26H42O2. The molecule has 158 valence electrons. The number of allylic oxidation sites excluding steroid dienone is 4. The average molecular weight is 387 g/mol. The molecule has 0 aromatic heterocycles. The highest BCUT2D eigenvalue weighted by Gasteiger charge is 2.51. The van der Waals surface area contributed by atoms with Gasteiger partial charge in [-0.3, -0.25) is 0 Å². The summed E-state index contributed by atoms with van der Waals surface area (Å²) in [7, 11) is 0. The molecule has 3 fully saturated rings. The van der Waals surface area contributed by atoms with Gasteiger partial charge in [0.1, 0.15) is 0 Å². The van der Waals surface area contributed by atoms with Gasteiger partial charge in [0.2, 0.25) is 0 Å². The lowest BCUT2D eigenvalue weighted by atomic mass is 9.62. The summed E-state index contributed by atoms with van der Waals surface area (Å²) in [5, 5.41) is 10.0. The fourth-order valence-electron chi connectivity index (χ4n) is 6.05. The Bertz CT molecular complexity index is 614. The normalized spacial score (nSPS) is 37.6. The van der Waals surface area contributed by atoms with E-state index in [1.165, 1.54) is 43.3 Å². The Labute approximate surface area is 173 Å². The predicted octanol–water partition coefficient (Wildman–Crippen LogP) is 6.61. The van der Waals surface area contributed by atoms with Crippen molar-refractivity contribution in [1.29, 1.82) is 0 Å². The number of hydrogen-bond donors (Lipinski definition) is 1. The van der Waals surface area contributed by atoms with Gasteiger partial charge in [-0.05, 0) is 93.5 Å². The summed E-state index contributed by atoms with van der Waals surface area (Å²) in [6.07, 6.45) is 15.0. The van der Waals surface area contributed by atoms with Gasteiger partial charge >= 0.3 is 0 Å². The zero-order chi connectivity index (χ0) is 20.3. The van der Waals surface area contributed by atoms with Crippen LogP contribution in [0.4, 0.5) is 0 Å². The highest BCUT2D eigenvalue weighted by atomic mass is 16.5. The molecule has 3 aliphatic rings. The van der Waals surface area contributed by atoms with Crippen LogP contribution in [0.25, 0.3) is 0 Å². The van der Waals surface area contributed by atoms with Crippen molar-refractivity contribution in [2.75, 3.05) is 6.61 Å².